The second-order valence-electron chi connectivity index (χ2n) is 5.01. The zero-order valence-electron chi connectivity index (χ0n) is 13.3. The minimum atomic E-state index is -1.00. The molecule has 1 fully saturated rings. The fourth-order valence-electron chi connectivity index (χ4n) is 1.63. The largest absolute Gasteiger partial charge is 0.480 e. The number of aromatic amines is 1. The van der Waals surface area contributed by atoms with Gasteiger partial charge in [-0.3, -0.25) is 14.4 Å². The van der Waals surface area contributed by atoms with E-state index in [1.165, 1.54) is 6.33 Å². The second kappa shape index (κ2) is 11.9. The standard InChI is InChI=1S/C6H9N3O2.C5H9NO3.C2H5NO2/c7-5(6(10)11)1-4-2-8-3-9-4;7-3-1-4(5(8)9)6-2-3;3-1-2(4)5/h2-3,5H,1,7H2,(H,8,9)(H,10,11);3-4,6-7H,1-2H2,(H,8,9);1,3H2,(H,4,5)/t5-;3-,4+;/m01./s1. The predicted molar refractivity (Wildman–Crippen MR) is 84.6 cm³/mol. The van der Waals surface area contributed by atoms with E-state index in [0.29, 0.717) is 13.0 Å². The lowest BCUT2D eigenvalue weighted by Crippen LogP contribution is -2.32. The van der Waals surface area contributed by atoms with Crippen molar-refractivity contribution in [3.8, 4) is 0 Å². The van der Waals surface area contributed by atoms with Crippen molar-refractivity contribution in [2.75, 3.05) is 13.1 Å². The smallest absolute Gasteiger partial charge is 0.320 e. The van der Waals surface area contributed by atoms with E-state index in [1.54, 1.807) is 6.20 Å². The normalized spacial score (nSPS) is 19.6. The van der Waals surface area contributed by atoms with E-state index < -0.39 is 36.1 Å². The van der Waals surface area contributed by atoms with Crippen molar-refractivity contribution >= 4 is 17.9 Å². The van der Waals surface area contributed by atoms with Gasteiger partial charge in [-0.15, -0.1) is 0 Å². The van der Waals surface area contributed by atoms with Crippen LogP contribution in [0, 0.1) is 0 Å². The predicted octanol–water partition coefficient (Wildman–Crippen LogP) is -2.81. The number of aliphatic hydroxyl groups is 1. The van der Waals surface area contributed by atoms with Gasteiger partial charge in [0.15, 0.2) is 0 Å². The Balaban J connectivity index is 0.000000372. The van der Waals surface area contributed by atoms with Crippen LogP contribution in [0.5, 0.6) is 0 Å². The molecule has 1 aromatic rings. The van der Waals surface area contributed by atoms with Gasteiger partial charge in [0.2, 0.25) is 0 Å². The van der Waals surface area contributed by atoms with Gasteiger partial charge in [-0.1, -0.05) is 0 Å². The van der Waals surface area contributed by atoms with Gasteiger partial charge in [-0.2, -0.15) is 0 Å². The number of aromatic nitrogens is 2. The molecule has 1 aromatic heterocycles. The summed E-state index contributed by atoms with van der Waals surface area (Å²) in [4.78, 5) is 36.2. The third kappa shape index (κ3) is 10.8. The average Bonchev–Trinajstić information content (AvgIpc) is 3.20. The van der Waals surface area contributed by atoms with Crippen LogP contribution >= 0.6 is 0 Å². The number of rotatable bonds is 5. The molecular formula is C13H23N5O7. The lowest BCUT2D eigenvalue weighted by molar-refractivity contribution is -0.139. The molecule has 0 radical (unpaired) electrons. The molecule has 12 nitrogen and oxygen atoms in total. The van der Waals surface area contributed by atoms with Crippen LogP contribution in [0.2, 0.25) is 0 Å². The third-order valence-electron chi connectivity index (χ3n) is 2.89. The Bertz CT molecular complexity index is 537. The molecule has 0 spiro atoms. The van der Waals surface area contributed by atoms with Crippen molar-refractivity contribution in [1.29, 1.82) is 0 Å². The minimum absolute atomic E-state index is 0.278. The Labute approximate surface area is 142 Å². The van der Waals surface area contributed by atoms with Crippen molar-refractivity contribution in [1.82, 2.24) is 15.3 Å². The maximum Gasteiger partial charge on any atom is 0.320 e. The average molecular weight is 361 g/mol. The maximum atomic E-state index is 10.3. The molecule has 2 heterocycles. The van der Waals surface area contributed by atoms with Gasteiger partial charge in [0, 0.05) is 31.3 Å². The van der Waals surface area contributed by atoms with Crippen molar-refractivity contribution in [2.45, 2.75) is 31.0 Å². The van der Waals surface area contributed by atoms with Gasteiger partial charge in [-0.05, 0) is 0 Å². The highest BCUT2D eigenvalue weighted by atomic mass is 16.4. The summed E-state index contributed by atoms with van der Waals surface area (Å²) in [7, 11) is 0. The Morgan fingerprint density at radius 2 is 1.92 bits per heavy atom. The topological polar surface area (TPSA) is 225 Å². The Kier molecular flexibility index (Phi) is 10.7. The van der Waals surface area contributed by atoms with Crippen LogP contribution in [0.15, 0.2) is 12.5 Å². The SMILES string of the molecule is NCC(=O)O.N[C@@H](Cc1cnc[nH]1)C(=O)O.O=C(O)[C@@H]1C[C@@H](O)CN1. The highest BCUT2D eigenvalue weighted by Gasteiger charge is 2.27. The summed E-state index contributed by atoms with van der Waals surface area (Å²) < 4.78 is 0. The highest BCUT2D eigenvalue weighted by molar-refractivity contribution is 5.74. The van der Waals surface area contributed by atoms with E-state index in [2.05, 4.69) is 21.0 Å². The molecule has 0 amide bonds. The Morgan fingerprint density at radius 1 is 1.32 bits per heavy atom. The molecule has 1 aliphatic rings. The van der Waals surface area contributed by atoms with E-state index in [1.807, 2.05) is 0 Å². The van der Waals surface area contributed by atoms with Crippen LogP contribution in [0.3, 0.4) is 0 Å². The number of nitrogens with one attached hydrogen (secondary N) is 2. The van der Waals surface area contributed by atoms with Crippen LogP contribution in [0.1, 0.15) is 12.1 Å². The van der Waals surface area contributed by atoms with E-state index in [-0.39, 0.29) is 13.0 Å². The number of carboxylic acids is 3. The molecule has 0 saturated carbocycles. The van der Waals surface area contributed by atoms with Crippen LogP contribution < -0.4 is 16.8 Å². The summed E-state index contributed by atoms with van der Waals surface area (Å²) in [6, 6.07) is -1.39. The molecule has 142 valence electrons. The van der Waals surface area contributed by atoms with Gasteiger partial charge in [0.1, 0.15) is 12.1 Å². The first-order valence-corrected chi connectivity index (χ1v) is 7.19. The lowest BCUT2D eigenvalue weighted by atomic mass is 10.2. The second-order valence-corrected chi connectivity index (χ2v) is 5.01. The van der Waals surface area contributed by atoms with Gasteiger partial charge in [-0.25, -0.2) is 4.98 Å². The van der Waals surface area contributed by atoms with E-state index in [9.17, 15) is 14.4 Å². The summed E-state index contributed by atoms with van der Waals surface area (Å²) in [5.41, 5.74) is 10.6. The molecule has 12 heteroatoms. The minimum Gasteiger partial charge on any atom is -0.480 e. The summed E-state index contributed by atoms with van der Waals surface area (Å²) in [6.07, 6.45) is 3.18. The number of hydrogen-bond donors (Lipinski definition) is 8. The summed E-state index contributed by atoms with van der Waals surface area (Å²) >= 11 is 0. The molecule has 10 N–H and O–H groups in total. The Morgan fingerprint density at radius 3 is 2.20 bits per heavy atom. The first kappa shape index (κ1) is 22.5. The first-order chi connectivity index (χ1) is 11.7. The fourth-order valence-corrected chi connectivity index (χ4v) is 1.63. The van der Waals surface area contributed by atoms with E-state index >= 15 is 0 Å². The van der Waals surface area contributed by atoms with E-state index in [0.717, 1.165) is 5.69 Å². The molecule has 1 saturated heterocycles. The van der Waals surface area contributed by atoms with Gasteiger partial charge >= 0.3 is 17.9 Å². The van der Waals surface area contributed by atoms with Crippen molar-refractivity contribution < 1.29 is 34.8 Å². The zero-order chi connectivity index (χ0) is 19.4. The molecule has 1 aliphatic heterocycles. The fraction of sp³-hybridized carbons (Fsp3) is 0.538. The number of carboxylic acid groups (broad SMARTS) is 3. The number of aliphatic carboxylic acids is 3. The van der Waals surface area contributed by atoms with Crippen molar-refractivity contribution in [2.24, 2.45) is 11.5 Å². The molecule has 0 unspecified atom stereocenters. The number of nitrogens with two attached hydrogens (primary N) is 2. The van der Waals surface area contributed by atoms with Crippen LogP contribution in [-0.4, -0.2) is 79.6 Å². The number of carbonyl (C=O) groups is 3. The van der Waals surface area contributed by atoms with E-state index in [4.69, 9.17) is 26.2 Å². The quantitative estimate of drug-likeness (QED) is 0.267. The molecule has 3 atom stereocenters. The zero-order valence-corrected chi connectivity index (χ0v) is 13.3. The van der Waals surface area contributed by atoms with Gasteiger partial charge in [0.25, 0.3) is 0 Å². The Hall–Kier alpha value is -2.54. The summed E-state index contributed by atoms with van der Waals surface area (Å²) in [5, 5.41) is 35.9. The molecule has 0 aliphatic carbocycles. The number of hydrogen-bond acceptors (Lipinski definition) is 8. The number of H-pyrrole nitrogens is 1. The summed E-state index contributed by atoms with van der Waals surface area (Å²) in [6.45, 7) is 0.122. The number of β-amino-alcohol motifs (C(OH)–C–C–N with tert-alkyl or cyclic N) is 1. The number of imidazole rings is 1. The number of aliphatic hydroxyl groups excluding tert-OH is 1. The van der Waals surface area contributed by atoms with Crippen molar-refractivity contribution in [3.05, 3.63) is 18.2 Å². The molecule has 25 heavy (non-hydrogen) atoms. The number of nitrogens with zero attached hydrogens (tertiary/aromatic N) is 1. The van der Waals surface area contributed by atoms with Gasteiger partial charge in [0.05, 0.1) is 19.0 Å². The molecule has 0 aromatic carbocycles. The lowest BCUT2D eigenvalue weighted by Gasteiger charge is -2.02. The van der Waals surface area contributed by atoms with Gasteiger partial charge < -0.3 is 42.2 Å². The van der Waals surface area contributed by atoms with Crippen LogP contribution in [0.25, 0.3) is 0 Å². The molecule has 0 bridgehead atoms. The van der Waals surface area contributed by atoms with Crippen LogP contribution in [0.4, 0.5) is 0 Å². The third-order valence-corrected chi connectivity index (χ3v) is 2.89. The highest BCUT2D eigenvalue weighted by Crippen LogP contribution is 2.05. The van der Waals surface area contributed by atoms with Crippen LogP contribution in [-0.2, 0) is 20.8 Å². The summed E-state index contributed by atoms with van der Waals surface area (Å²) in [5.74, 6) is -2.85. The maximum absolute atomic E-state index is 10.3. The van der Waals surface area contributed by atoms with Crippen molar-refractivity contribution in [3.63, 3.8) is 0 Å². The molecular weight excluding hydrogens is 338 g/mol. The molecule has 2 rings (SSSR count). The monoisotopic (exact) mass is 361 g/mol. The first-order valence-electron chi connectivity index (χ1n) is 7.19.